The van der Waals surface area contributed by atoms with Gasteiger partial charge in [0.15, 0.2) is 0 Å². The molecule has 1 unspecified atom stereocenters. The number of carbonyl (C=O) groups excluding carboxylic acids is 1. The molecular formula is C24H29N3O. The van der Waals surface area contributed by atoms with Gasteiger partial charge >= 0.3 is 0 Å². The molecule has 2 aromatic rings. The van der Waals surface area contributed by atoms with E-state index < -0.39 is 0 Å². The number of piperazine rings is 1. The zero-order valence-corrected chi connectivity index (χ0v) is 16.8. The lowest BCUT2D eigenvalue weighted by molar-refractivity contribution is -0.130. The third-order valence-corrected chi connectivity index (χ3v) is 5.95. The van der Waals surface area contributed by atoms with Gasteiger partial charge in [0.2, 0.25) is 5.91 Å². The predicted molar refractivity (Wildman–Crippen MR) is 115 cm³/mol. The van der Waals surface area contributed by atoms with E-state index in [1.54, 1.807) is 6.92 Å². The van der Waals surface area contributed by atoms with Crippen LogP contribution in [-0.2, 0) is 11.2 Å². The molecule has 4 heteroatoms. The van der Waals surface area contributed by atoms with Crippen LogP contribution in [0, 0.1) is 0 Å². The number of likely N-dealkylation sites (N-methyl/N-ethyl adjacent to an activating group) is 1. The van der Waals surface area contributed by atoms with Crippen molar-refractivity contribution in [2.75, 3.05) is 44.7 Å². The maximum absolute atomic E-state index is 12.3. The Kier molecular flexibility index (Phi) is 5.49. The number of rotatable bonds is 3. The molecule has 0 spiro atoms. The number of hydrogen-bond donors (Lipinski definition) is 0. The summed E-state index contributed by atoms with van der Waals surface area (Å²) in [6.07, 6.45) is 5.24. The van der Waals surface area contributed by atoms with E-state index >= 15 is 0 Å². The summed E-state index contributed by atoms with van der Waals surface area (Å²) >= 11 is 0. The van der Waals surface area contributed by atoms with E-state index in [1.807, 2.05) is 23.1 Å². The fraction of sp³-hybridized carbons (Fsp3) is 0.375. The minimum Gasteiger partial charge on any atom is -0.369 e. The van der Waals surface area contributed by atoms with Gasteiger partial charge in [0.25, 0.3) is 0 Å². The maximum atomic E-state index is 12.3. The fourth-order valence-electron chi connectivity index (χ4n) is 4.22. The molecule has 28 heavy (non-hydrogen) atoms. The first-order valence-electron chi connectivity index (χ1n) is 10.2. The highest BCUT2D eigenvalue weighted by Gasteiger charge is 2.28. The van der Waals surface area contributed by atoms with Crippen LogP contribution in [0.25, 0.3) is 6.08 Å². The molecule has 1 atom stereocenters. The van der Waals surface area contributed by atoms with Crippen molar-refractivity contribution in [3.8, 4) is 0 Å². The molecule has 2 aliphatic rings. The molecule has 0 bridgehead atoms. The Morgan fingerprint density at radius 1 is 1.00 bits per heavy atom. The second kappa shape index (κ2) is 8.19. The van der Waals surface area contributed by atoms with Gasteiger partial charge in [0.1, 0.15) is 0 Å². The first-order valence-corrected chi connectivity index (χ1v) is 10.2. The Morgan fingerprint density at radius 2 is 1.75 bits per heavy atom. The Hall–Kier alpha value is -2.59. The van der Waals surface area contributed by atoms with Gasteiger partial charge in [-0.2, -0.15) is 0 Å². The number of fused-ring (bicyclic) bond motifs is 1. The predicted octanol–water partition coefficient (Wildman–Crippen LogP) is 3.60. The topological polar surface area (TPSA) is 26.8 Å². The van der Waals surface area contributed by atoms with Gasteiger partial charge < -0.3 is 14.7 Å². The summed E-state index contributed by atoms with van der Waals surface area (Å²) in [5, 5.41) is 0. The number of anilines is 1. The van der Waals surface area contributed by atoms with Crippen LogP contribution in [0.2, 0.25) is 0 Å². The molecule has 1 saturated heterocycles. The molecule has 1 fully saturated rings. The third kappa shape index (κ3) is 3.97. The first-order chi connectivity index (χ1) is 13.6. The molecule has 2 aromatic carbocycles. The van der Waals surface area contributed by atoms with Crippen molar-refractivity contribution < 1.29 is 4.79 Å². The van der Waals surface area contributed by atoms with Crippen molar-refractivity contribution in [3.63, 3.8) is 0 Å². The van der Waals surface area contributed by atoms with Gasteiger partial charge in [-0.1, -0.05) is 48.6 Å². The lowest BCUT2D eigenvalue weighted by Crippen LogP contribution is -2.44. The Morgan fingerprint density at radius 3 is 2.46 bits per heavy atom. The summed E-state index contributed by atoms with van der Waals surface area (Å²) in [5.41, 5.74) is 5.06. The Bertz CT molecular complexity index is 853. The SMILES string of the molecule is CC(=O)N1CCc2ccc(N3CCN(C)CC3)cc2C1/C=C/c1ccccc1. The highest BCUT2D eigenvalue weighted by atomic mass is 16.2. The minimum atomic E-state index is -0.00568. The monoisotopic (exact) mass is 375 g/mol. The van der Waals surface area contributed by atoms with Crippen LogP contribution in [0.1, 0.15) is 29.7 Å². The van der Waals surface area contributed by atoms with Crippen LogP contribution in [-0.4, -0.2) is 55.5 Å². The molecule has 0 N–H and O–H groups in total. The van der Waals surface area contributed by atoms with Crippen molar-refractivity contribution in [1.29, 1.82) is 0 Å². The number of benzene rings is 2. The second-order valence-electron chi connectivity index (χ2n) is 7.85. The molecule has 0 saturated carbocycles. The van der Waals surface area contributed by atoms with Crippen molar-refractivity contribution in [1.82, 2.24) is 9.80 Å². The zero-order chi connectivity index (χ0) is 19.5. The maximum Gasteiger partial charge on any atom is 0.220 e. The van der Waals surface area contributed by atoms with Gasteiger partial charge in [-0.15, -0.1) is 0 Å². The van der Waals surface area contributed by atoms with Gasteiger partial charge in [-0.05, 0) is 42.3 Å². The van der Waals surface area contributed by atoms with Crippen LogP contribution >= 0.6 is 0 Å². The van der Waals surface area contributed by atoms with Crippen molar-refractivity contribution in [2.24, 2.45) is 0 Å². The van der Waals surface area contributed by atoms with Gasteiger partial charge in [-0.25, -0.2) is 0 Å². The first kappa shape index (κ1) is 18.8. The van der Waals surface area contributed by atoms with Gasteiger partial charge in [0, 0.05) is 45.3 Å². The summed E-state index contributed by atoms with van der Waals surface area (Å²) in [6.45, 7) is 6.74. The molecule has 0 aliphatic carbocycles. The molecule has 0 radical (unpaired) electrons. The van der Waals surface area contributed by atoms with E-state index in [0.29, 0.717) is 0 Å². The molecule has 4 nitrogen and oxygen atoms in total. The van der Waals surface area contributed by atoms with Crippen LogP contribution in [0.15, 0.2) is 54.6 Å². The second-order valence-corrected chi connectivity index (χ2v) is 7.85. The van der Waals surface area contributed by atoms with Gasteiger partial charge in [-0.3, -0.25) is 4.79 Å². The van der Waals surface area contributed by atoms with Crippen LogP contribution < -0.4 is 4.90 Å². The summed E-state index contributed by atoms with van der Waals surface area (Å²) in [5.74, 6) is 0.137. The number of carbonyl (C=O) groups is 1. The van der Waals surface area contributed by atoms with E-state index in [-0.39, 0.29) is 11.9 Å². The highest BCUT2D eigenvalue weighted by molar-refractivity contribution is 5.75. The summed E-state index contributed by atoms with van der Waals surface area (Å²) < 4.78 is 0. The van der Waals surface area contributed by atoms with E-state index in [0.717, 1.165) is 44.7 Å². The van der Waals surface area contributed by atoms with Gasteiger partial charge in [0.05, 0.1) is 6.04 Å². The quantitative estimate of drug-likeness (QED) is 0.820. The average molecular weight is 376 g/mol. The lowest BCUT2D eigenvalue weighted by atomic mass is 9.91. The third-order valence-electron chi connectivity index (χ3n) is 5.95. The van der Waals surface area contributed by atoms with Crippen LogP contribution in [0.4, 0.5) is 5.69 Å². The highest BCUT2D eigenvalue weighted by Crippen LogP contribution is 2.34. The molecule has 2 aliphatic heterocycles. The Labute approximate surface area is 168 Å². The smallest absolute Gasteiger partial charge is 0.220 e. The molecule has 2 heterocycles. The van der Waals surface area contributed by atoms with Crippen LogP contribution in [0.3, 0.4) is 0 Å². The average Bonchev–Trinajstić information content (AvgIpc) is 2.72. The molecule has 146 valence electrons. The molecule has 4 rings (SSSR count). The van der Waals surface area contributed by atoms with Crippen molar-refractivity contribution in [3.05, 3.63) is 71.3 Å². The van der Waals surface area contributed by atoms with Crippen LogP contribution in [0.5, 0.6) is 0 Å². The summed E-state index contributed by atoms with van der Waals surface area (Å²) in [6, 6.07) is 17.1. The van der Waals surface area contributed by atoms with E-state index in [1.165, 1.54) is 16.8 Å². The largest absolute Gasteiger partial charge is 0.369 e. The van der Waals surface area contributed by atoms with E-state index in [2.05, 4.69) is 59.3 Å². The summed E-state index contributed by atoms with van der Waals surface area (Å²) in [4.78, 5) is 19.2. The van der Waals surface area contributed by atoms with Crippen molar-refractivity contribution >= 4 is 17.7 Å². The van der Waals surface area contributed by atoms with E-state index in [4.69, 9.17) is 0 Å². The molecule has 1 amide bonds. The summed E-state index contributed by atoms with van der Waals surface area (Å²) in [7, 11) is 2.18. The van der Waals surface area contributed by atoms with Crippen molar-refractivity contribution in [2.45, 2.75) is 19.4 Å². The number of amides is 1. The fourth-order valence-corrected chi connectivity index (χ4v) is 4.22. The number of nitrogens with zero attached hydrogens (tertiary/aromatic N) is 3. The zero-order valence-electron chi connectivity index (χ0n) is 16.8. The molecule has 0 aromatic heterocycles. The standard InChI is InChI=1S/C24H29N3O/c1-19(28)27-13-12-21-9-10-22(26-16-14-25(2)15-17-26)18-23(21)24(27)11-8-20-6-4-3-5-7-20/h3-11,18,24H,12-17H2,1-2H3/b11-8+. The number of hydrogen-bond acceptors (Lipinski definition) is 3. The lowest BCUT2D eigenvalue weighted by Gasteiger charge is -2.38. The Balaban J connectivity index is 1.66. The molecular weight excluding hydrogens is 346 g/mol. The minimum absolute atomic E-state index is 0.00568. The van der Waals surface area contributed by atoms with E-state index in [9.17, 15) is 4.79 Å². The normalized spacial score (nSPS) is 20.4.